The quantitative estimate of drug-likeness (QED) is 0.287. The van der Waals surface area contributed by atoms with E-state index >= 15 is 0 Å². The number of allylic oxidation sites excluding steroid dienone is 1. The van der Waals surface area contributed by atoms with E-state index in [1.807, 2.05) is 32.0 Å². The largest absolute Gasteiger partial charge is 0.456 e. The van der Waals surface area contributed by atoms with Crippen LogP contribution in [0.3, 0.4) is 0 Å². The number of nitrogens with zero attached hydrogens (tertiary/aromatic N) is 1. The van der Waals surface area contributed by atoms with Crippen molar-refractivity contribution in [3.05, 3.63) is 71.3 Å². The van der Waals surface area contributed by atoms with Crippen molar-refractivity contribution in [1.29, 1.82) is 0 Å². The second-order valence-corrected chi connectivity index (χ2v) is 14.7. The topological polar surface area (TPSA) is 80.8 Å². The van der Waals surface area contributed by atoms with Gasteiger partial charge in [-0.05, 0) is 91.7 Å². The van der Waals surface area contributed by atoms with Crippen molar-refractivity contribution < 1.29 is 22.7 Å². The van der Waals surface area contributed by atoms with Gasteiger partial charge in [-0.25, -0.2) is 13.2 Å². The molecule has 3 aliphatic rings. The van der Waals surface area contributed by atoms with Crippen LogP contribution in [0, 0.1) is 42.9 Å². The standard InChI is InChI=1S/C33H41NO5S/c1-20(2)23-12-15-29(35)26(19-23)32(36)39-31-28-14-13-27(33(28,5)6)30(31)34(24-17-21(3)16-22(4)18-24)40(37,38)25-10-8-7-9-11-25/h7-11,16-20,23,27-28,30-31H,12-15H2,1-6H3/t23-,27+,28-,30-,31+/m0/s1. The molecule has 2 fully saturated rings. The lowest BCUT2D eigenvalue weighted by molar-refractivity contribution is -0.149. The monoisotopic (exact) mass is 563 g/mol. The third-order valence-corrected chi connectivity index (χ3v) is 11.4. The molecule has 0 saturated heterocycles. The van der Waals surface area contributed by atoms with E-state index < -0.39 is 28.1 Å². The molecular formula is C33H41NO5S. The lowest BCUT2D eigenvalue weighted by Gasteiger charge is -2.40. The third-order valence-electron chi connectivity index (χ3n) is 9.58. The van der Waals surface area contributed by atoms with Gasteiger partial charge < -0.3 is 4.74 Å². The molecule has 7 heteroatoms. The highest BCUT2D eigenvalue weighted by atomic mass is 32.2. The van der Waals surface area contributed by atoms with Crippen LogP contribution in [0.4, 0.5) is 5.69 Å². The summed E-state index contributed by atoms with van der Waals surface area (Å²) in [5, 5.41) is 0. The minimum absolute atomic E-state index is 0.0194. The minimum atomic E-state index is -4.01. The van der Waals surface area contributed by atoms with E-state index in [0.717, 1.165) is 30.4 Å². The summed E-state index contributed by atoms with van der Waals surface area (Å²) in [5.41, 5.74) is 2.36. The number of fused-ring (bicyclic) bond motifs is 2. The first-order valence-electron chi connectivity index (χ1n) is 14.5. The zero-order chi connectivity index (χ0) is 29.0. The lowest BCUT2D eigenvalue weighted by Crippen LogP contribution is -2.52. The number of carbonyl (C=O) groups is 2. The van der Waals surface area contributed by atoms with Crippen LogP contribution in [0.1, 0.15) is 64.5 Å². The van der Waals surface area contributed by atoms with Gasteiger partial charge in [-0.15, -0.1) is 0 Å². The normalized spacial score (nSPS) is 27.5. The lowest BCUT2D eigenvalue weighted by atomic mass is 9.81. The van der Waals surface area contributed by atoms with Crippen molar-refractivity contribution in [3.63, 3.8) is 0 Å². The summed E-state index contributed by atoms with van der Waals surface area (Å²) >= 11 is 0. The first kappa shape index (κ1) is 28.6. The van der Waals surface area contributed by atoms with Gasteiger partial charge in [0.25, 0.3) is 10.0 Å². The minimum Gasteiger partial charge on any atom is -0.456 e. The van der Waals surface area contributed by atoms with Gasteiger partial charge in [-0.1, -0.05) is 58.0 Å². The first-order valence-corrected chi connectivity index (χ1v) is 15.9. The zero-order valence-electron chi connectivity index (χ0n) is 24.4. The molecule has 5 atom stereocenters. The molecular weight excluding hydrogens is 522 g/mol. The summed E-state index contributed by atoms with van der Waals surface area (Å²) in [4.78, 5) is 26.7. The fourth-order valence-corrected chi connectivity index (χ4v) is 9.16. The second-order valence-electron chi connectivity index (χ2n) is 12.9. The summed E-state index contributed by atoms with van der Waals surface area (Å²) in [6, 6.07) is 13.7. The number of carbonyl (C=O) groups excluding carboxylic acids is 2. The number of hydrogen-bond donors (Lipinski definition) is 0. The number of esters is 1. The van der Waals surface area contributed by atoms with Crippen molar-refractivity contribution in [2.75, 3.05) is 4.31 Å². The highest BCUT2D eigenvalue weighted by Crippen LogP contribution is 2.61. The Morgan fingerprint density at radius 2 is 1.60 bits per heavy atom. The molecule has 6 nitrogen and oxygen atoms in total. The number of ketones is 1. The van der Waals surface area contributed by atoms with Gasteiger partial charge in [0.1, 0.15) is 6.10 Å². The molecule has 0 aromatic heterocycles. The second kappa shape index (κ2) is 10.5. The summed E-state index contributed by atoms with van der Waals surface area (Å²) in [7, 11) is -4.01. The molecule has 0 spiro atoms. The molecule has 0 aliphatic heterocycles. The van der Waals surface area contributed by atoms with Crippen LogP contribution in [0.2, 0.25) is 0 Å². The predicted molar refractivity (Wildman–Crippen MR) is 156 cm³/mol. The summed E-state index contributed by atoms with van der Waals surface area (Å²) in [6.45, 7) is 12.4. The van der Waals surface area contributed by atoms with Gasteiger partial charge in [0.15, 0.2) is 5.78 Å². The fraction of sp³-hybridized carbons (Fsp3) is 0.515. The van der Waals surface area contributed by atoms with Crippen LogP contribution in [-0.2, 0) is 24.3 Å². The number of rotatable bonds is 7. The van der Waals surface area contributed by atoms with Crippen LogP contribution >= 0.6 is 0 Å². The van der Waals surface area contributed by atoms with Crippen LogP contribution in [0.5, 0.6) is 0 Å². The van der Waals surface area contributed by atoms with Gasteiger partial charge in [-0.3, -0.25) is 9.10 Å². The molecule has 5 rings (SSSR count). The van der Waals surface area contributed by atoms with Gasteiger partial charge >= 0.3 is 5.97 Å². The smallest absolute Gasteiger partial charge is 0.341 e. The van der Waals surface area contributed by atoms with Crippen LogP contribution in [0.15, 0.2) is 65.1 Å². The van der Waals surface area contributed by atoms with Gasteiger partial charge in [-0.2, -0.15) is 0 Å². The highest BCUT2D eigenvalue weighted by Gasteiger charge is 2.64. The van der Waals surface area contributed by atoms with Crippen molar-refractivity contribution in [1.82, 2.24) is 0 Å². The highest BCUT2D eigenvalue weighted by molar-refractivity contribution is 7.92. The number of Topliss-reactive ketones (excluding diaryl/α,β-unsaturated/α-hetero) is 1. The molecule has 0 N–H and O–H groups in total. The molecule has 0 heterocycles. The molecule has 2 bridgehead atoms. The van der Waals surface area contributed by atoms with E-state index in [9.17, 15) is 18.0 Å². The van der Waals surface area contributed by atoms with Crippen LogP contribution < -0.4 is 4.31 Å². The Morgan fingerprint density at radius 1 is 0.975 bits per heavy atom. The number of hydrogen-bond acceptors (Lipinski definition) is 5. The number of benzene rings is 2. The molecule has 2 saturated carbocycles. The van der Waals surface area contributed by atoms with E-state index in [4.69, 9.17) is 4.74 Å². The maximum atomic E-state index is 14.5. The Bertz CT molecular complexity index is 1420. The molecule has 214 valence electrons. The number of sulfonamides is 1. The SMILES string of the molecule is Cc1cc(C)cc(N([C@@H]2[C@H](OC(=O)C3=C[C@@H](C(C)C)CCC3=O)[C@@H]3CC[C@H]2C3(C)C)S(=O)(=O)c2ccccc2)c1. The van der Waals surface area contributed by atoms with Gasteiger partial charge in [0, 0.05) is 12.3 Å². The zero-order valence-corrected chi connectivity index (χ0v) is 25.2. The number of anilines is 1. The maximum Gasteiger partial charge on any atom is 0.341 e. The van der Waals surface area contributed by atoms with Crippen molar-refractivity contribution in [3.8, 4) is 0 Å². The maximum absolute atomic E-state index is 14.5. The summed E-state index contributed by atoms with van der Waals surface area (Å²) in [6.07, 6.45) is 3.86. The Balaban J connectivity index is 1.62. The Kier molecular flexibility index (Phi) is 7.49. The van der Waals surface area contributed by atoms with Crippen molar-refractivity contribution >= 4 is 27.5 Å². The van der Waals surface area contributed by atoms with Crippen LogP contribution in [-0.4, -0.2) is 32.3 Å². The summed E-state index contributed by atoms with van der Waals surface area (Å²) in [5.74, 6) is -0.408. The van der Waals surface area contributed by atoms with Crippen molar-refractivity contribution in [2.45, 2.75) is 84.3 Å². The Morgan fingerprint density at radius 3 is 2.23 bits per heavy atom. The van der Waals surface area contributed by atoms with Crippen molar-refractivity contribution in [2.24, 2.45) is 29.1 Å². The average molecular weight is 564 g/mol. The van der Waals surface area contributed by atoms with E-state index in [1.54, 1.807) is 36.4 Å². The van der Waals surface area contributed by atoms with Gasteiger partial charge in [0.2, 0.25) is 0 Å². The molecule has 0 amide bonds. The Labute approximate surface area is 238 Å². The Hall–Kier alpha value is -2.93. The number of aryl methyl sites for hydroxylation is 2. The fourth-order valence-electron chi connectivity index (χ4n) is 7.46. The molecule has 40 heavy (non-hydrogen) atoms. The van der Waals surface area contributed by atoms with E-state index in [2.05, 4.69) is 27.7 Å². The molecule has 0 unspecified atom stereocenters. The van der Waals surface area contributed by atoms with E-state index in [0.29, 0.717) is 18.0 Å². The molecule has 2 aromatic carbocycles. The predicted octanol–water partition coefficient (Wildman–Crippen LogP) is 6.41. The molecule has 2 aromatic rings. The first-order chi connectivity index (χ1) is 18.8. The summed E-state index contributed by atoms with van der Waals surface area (Å²) < 4.78 is 36.7. The van der Waals surface area contributed by atoms with E-state index in [-0.39, 0.29) is 39.4 Å². The average Bonchev–Trinajstić information content (AvgIpc) is 3.29. The van der Waals surface area contributed by atoms with Gasteiger partial charge in [0.05, 0.1) is 22.2 Å². The molecule has 0 radical (unpaired) electrons. The van der Waals surface area contributed by atoms with E-state index in [1.165, 1.54) is 4.31 Å². The molecule has 3 aliphatic carbocycles. The number of ether oxygens (including phenoxy) is 1. The third kappa shape index (κ3) is 4.91. The van der Waals surface area contributed by atoms with Crippen LogP contribution in [0.25, 0.3) is 0 Å².